The molecule has 1 rings (SSSR count). The van der Waals surface area contributed by atoms with Crippen molar-refractivity contribution >= 4 is 12.4 Å². The highest BCUT2D eigenvalue weighted by Gasteiger charge is 2.57. The van der Waals surface area contributed by atoms with Crippen molar-refractivity contribution in [1.29, 1.82) is 0 Å². The van der Waals surface area contributed by atoms with Crippen LogP contribution >= 0.6 is 12.4 Å². The fraction of sp³-hybridized carbons (Fsp3) is 1.00. The molecule has 0 spiro atoms. The SMILES string of the molecule is Cl.NC1(C(F)(F)F)COC1. The van der Waals surface area contributed by atoms with Crippen molar-refractivity contribution < 1.29 is 17.9 Å². The van der Waals surface area contributed by atoms with Crippen LogP contribution in [0.15, 0.2) is 0 Å². The molecule has 62 valence electrons. The maximum Gasteiger partial charge on any atom is 0.410 e. The van der Waals surface area contributed by atoms with Crippen molar-refractivity contribution in [3.05, 3.63) is 0 Å². The molecule has 0 aliphatic carbocycles. The first-order chi connectivity index (χ1) is 3.96. The third kappa shape index (κ3) is 1.36. The molecule has 0 aromatic rings. The second-order valence-corrected chi connectivity index (χ2v) is 2.15. The van der Waals surface area contributed by atoms with Gasteiger partial charge in [-0.05, 0) is 0 Å². The Hall–Kier alpha value is -0.0000000000000000486. The maximum atomic E-state index is 11.7. The van der Waals surface area contributed by atoms with Crippen molar-refractivity contribution in [3.63, 3.8) is 0 Å². The predicted molar refractivity (Wildman–Crippen MR) is 31.0 cm³/mol. The van der Waals surface area contributed by atoms with Gasteiger partial charge in [0.25, 0.3) is 0 Å². The summed E-state index contributed by atoms with van der Waals surface area (Å²) >= 11 is 0. The zero-order chi connectivity index (χ0) is 7.12. The molecule has 10 heavy (non-hydrogen) atoms. The number of ether oxygens (including phenoxy) is 1. The van der Waals surface area contributed by atoms with Crippen LogP contribution in [0.1, 0.15) is 0 Å². The van der Waals surface area contributed by atoms with E-state index in [4.69, 9.17) is 5.73 Å². The standard InChI is InChI=1S/C4H6F3NO.ClH/c5-4(6,7)3(8)1-9-2-3;/h1-2,8H2;1H. The number of rotatable bonds is 0. The minimum Gasteiger partial charge on any atom is -0.377 e. The van der Waals surface area contributed by atoms with Gasteiger partial charge in [0.2, 0.25) is 0 Å². The average Bonchev–Trinajstić information content (AvgIpc) is 1.57. The summed E-state index contributed by atoms with van der Waals surface area (Å²) < 4.78 is 39.4. The molecule has 6 heteroatoms. The highest BCUT2D eigenvalue weighted by Crippen LogP contribution is 2.33. The Kier molecular flexibility index (Phi) is 2.56. The van der Waals surface area contributed by atoms with Crippen LogP contribution < -0.4 is 5.73 Å². The summed E-state index contributed by atoms with van der Waals surface area (Å²) in [7, 11) is 0. The summed E-state index contributed by atoms with van der Waals surface area (Å²) in [6, 6.07) is 0. The number of hydrogen-bond donors (Lipinski definition) is 1. The zero-order valence-electron chi connectivity index (χ0n) is 4.94. The molecule has 0 radical (unpaired) electrons. The molecule has 1 fully saturated rings. The van der Waals surface area contributed by atoms with Crippen LogP contribution in [-0.2, 0) is 4.74 Å². The van der Waals surface area contributed by atoms with E-state index < -0.39 is 24.9 Å². The lowest BCUT2D eigenvalue weighted by atomic mass is 9.99. The minimum atomic E-state index is -4.31. The van der Waals surface area contributed by atoms with E-state index in [0.717, 1.165) is 0 Å². The molecular formula is C4H7ClF3NO. The highest BCUT2D eigenvalue weighted by atomic mass is 35.5. The molecule has 0 amide bonds. The zero-order valence-corrected chi connectivity index (χ0v) is 5.76. The fourth-order valence-electron chi connectivity index (χ4n) is 0.486. The lowest BCUT2D eigenvalue weighted by molar-refractivity contribution is -0.254. The van der Waals surface area contributed by atoms with E-state index in [9.17, 15) is 13.2 Å². The van der Waals surface area contributed by atoms with Gasteiger partial charge >= 0.3 is 6.18 Å². The lowest BCUT2D eigenvalue weighted by Gasteiger charge is -2.38. The van der Waals surface area contributed by atoms with Gasteiger partial charge in [0.05, 0.1) is 13.2 Å². The van der Waals surface area contributed by atoms with Crippen LogP contribution in [0.25, 0.3) is 0 Å². The van der Waals surface area contributed by atoms with Gasteiger partial charge in [-0.25, -0.2) is 0 Å². The molecule has 0 saturated carbocycles. The second-order valence-electron chi connectivity index (χ2n) is 2.15. The van der Waals surface area contributed by atoms with Gasteiger partial charge in [-0.1, -0.05) is 0 Å². The van der Waals surface area contributed by atoms with E-state index in [2.05, 4.69) is 4.74 Å². The maximum absolute atomic E-state index is 11.7. The van der Waals surface area contributed by atoms with Crippen LogP contribution in [0, 0.1) is 0 Å². The van der Waals surface area contributed by atoms with Crippen molar-refractivity contribution in [1.82, 2.24) is 0 Å². The topological polar surface area (TPSA) is 35.2 Å². The Morgan fingerprint density at radius 2 is 1.70 bits per heavy atom. The highest BCUT2D eigenvalue weighted by molar-refractivity contribution is 5.85. The van der Waals surface area contributed by atoms with Crippen LogP contribution in [0.2, 0.25) is 0 Å². The summed E-state index contributed by atoms with van der Waals surface area (Å²) in [5, 5.41) is 0. The molecule has 0 atom stereocenters. The van der Waals surface area contributed by atoms with Gasteiger partial charge in [0, 0.05) is 0 Å². The molecule has 0 bridgehead atoms. The van der Waals surface area contributed by atoms with E-state index in [1.165, 1.54) is 0 Å². The third-order valence-corrected chi connectivity index (χ3v) is 1.28. The normalized spacial score (nSPS) is 22.8. The first-order valence-corrected chi connectivity index (χ1v) is 2.39. The van der Waals surface area contributed by atoms with Gasteiger partial charge in [-0.15, -0.1) is 12.4 Å². The second kappa shape index (κ2) is 2.56. The van der Waals surface area contributed by atoms with E-state index in [1.807, 2.05) is 0 Å². The molecule has 1 aliphatic heterocycles. The first kappa shape index (κ1) is 10.0. The molecule has 2 nitrogen and oxygen atoms in total. The Bertz CT molecular complexity index is 122. The Morgan fingerprint density at radius 3 is 1.70 bits per heavy atom. The van der Waals surface area contributed by atoms with Gasteiger partial charge in [0.15, 0.2) is 5.54 Å². The molecule has 1 saturated heterocycles. The first-order valence-electron chi connectivity index (χ1n) is 2.39. The molecular weight excluding hydrogens is 170 g/mol. The Balaban J connectivity index is 0.000000810. The van der Waals surface area contributed by atoms with Gasteiger partial charge in [0.1, 0.15) is 0 Å². The Labute approximate surface area is 61.9 Å². The smallest absolute Gasteiger partial charge is 0.377 e. The molecule has 1 heterocycles. The average molecular weight is 178 g/mol. The van der Waals surface area contributed by atoms with Gasteiger partial charge < -0.3 is 10.5 Å². The largest absolute Gasteiger partial charge is 0.410 e. The molecule has 0 unspecified atom stereocenters. The van der Waals surface area contributed by atoms with Crippen molar-refractivity contribution in [2.24, 2.45) is 5.73 Å². The Morgan fingerprint density at radius 1 is 1.30 bits per heavy atom. The number of nitrogens with two attached hydrogens (primary N) is 1. The van der Waals surface area contributed by atoms with Crippen LogP contribution in [0.3, 0.4) is 0 Å². The minimum absolute atomic E-state index is 0. The number of hydrogen-bond acceptors (Lipinski definition) is 2. The van der Waals surface area contributed by atoms with E-state index >= 15 is 0 Å². The third-order valence-electron chi connectivity index (χ3n) is 1.28. The van der Waals surface area contributed by atoms with Crippen LogP contribution in [-0.4, -0.2) is 24.9 Å². The van der Waals surface area contributed by atoms with E-state index in [-0.39, 0.29) is 12.4 Å². The number of halogens is 4. The summed E-state index contributed by atoms with van der Waals surface area (Å²) in [6.45, 7) is -0.812. The predicted octanol–water partition coefficient (Wildman–Crippen LogP) is 0.698. The van der Waals surface area contributed by atoms with E-state index in [1.54, 1.807) is 0 Å². The van der Waals surface area contributed by atoms with Gasteiger partial charge in [-0.2, -0.15) is 13.2 Å². The van der Waals surface area contributed by atoms with Crippen LogP contribution in [0.5, 0.6) is 0 Å². The van der Waals surface area contributed by atoms with Crippen molar-refractivity contribution in [2.45, 2.75) is 11.7 Å². The van der Waals surface area contributed by atoms with Crippen molar-refractivity contribution in [2.75, 3.05) is 13.2 Å². The van der Waals surface area contributed by atoms with E-state index in [0.29, 0.717) is 0 Å². The van der Waals surface area contributed by atoms with Gasteiger partial charge in [-0.3, -0.25) is 0 Å². The molecule has 0 aromatic heterocycles. The summed E-state index contributed by atoms with van der Waals surface area (Å²) in [4.78, 5) is 0. The molecule has 0 aromatic carbocycles. The summed E-state index contributed by atoms with van der Waals surface area (Å²) in [5.41, 5.74) is 2.77. The number of alkyl halides is 3. The quantitative estimate of drug-likeness (QED) is 0.591. The molecule has 1 aliphatic rings. The lowest BCUT2D eigenvalue weighted by Crippen LogP contribution is -2.66. The fourth-order valence-corrected chi connectivity index (χ4v) is 0.486. The van der Waals surface area contributed by atoms with Crippen LogP contribution in [0.4, 0.5) is 13.2 Å². The van der Waals surface area contributed by atoms with Crippen molar-refractivity contribution in [3.8, 4) is 0 Å². The summed E-state index contributed by atoms with van der Waals surface area (Å²) in [5.74, 6) is 0. The summed E-state index contributed by atoms with van der Waals surface area (Å²) in [6.07, 6.45) is -4.31. The monoisotopic (exact) mass is 177 g/mol. The molecule has 2 N–H and O–H groups in total.